The second kappa shape index (κ2) is 8.52. The van der Waals surface area contributed by atoms with Gasteiger partial charge in [0.25, 0.3) is 0 Å². The molecule has 0 bridgehead atoms. The zero-order valence-corrected chi connectivity index (χ0v) is 19.1. The maximum atomic E-state index is 14.1. The topological polar surface area (TPSA) is 62.2 Å². The molecule has 4 aromatic rings. The summed E-state index contributed by atoms with van der Waals surface area (Å²) >= 11 is 0. The Balaban J connectivity index is 1.28. The van der Waals surface area contributed by atoms with Crippen LogP contribution in [0.15, 0.2) is 79.3 Å². The molecule has 2 aliphatic rings. The van der Waals surface area contributed by atoms with Crippen molar-refractivity contribution in [3.63, 3.8) is 0 Å². The SMILES string of the molecule is O=C1N(Cc2cccnc2)Cc2ccccc2CC12CCN(c1ncc3ccccc3n1)CC2. The highest BCUT2D eigenvalue weighted by molar-refractivity contribution is 5.84. The van der Waals surface area contributed by atoms with Gasteiger partial charge < -0.3 is 9.80 Å². The highest BCUT2D eigenvalue weighted by Crippen LogP contribution is 2.41. The summed E-state index contributed by atoms with van der Waals surface area (Å²) in [6, 6.07) is 20.6. The molecule has 2 aliphatic heterocycles. The number of para-hydroxylation sites is 1. The van der Waals surface area contributed by atoms with Gasteiger partial charge in [0.05, 0.1) is 10.9 Å². The number of amides is 1. The number of fused-ring (bicyclic) bond motifs is 2. The van der Waals surface area contributed by atoms with E-state index in [0.29, 0.717) is 13.1 Å². The molecule has 6 heteroatoms. The van der Waals surface area contributed by atoms with Gasteiger partial charge >= 0.3 is 0 Å². The molecule has 4 heterocycles. The summed E-state index contributed by atoms with van der Waals surface area (Å²) in [5.74, 6) is 1.01. The van der Waals surface area contributed by atoms with Crippen LogP contribution in [0.25, 0.3) is 10.9 Å². The molecule has 1 spiro atoms. The van der Waals surface area contributed by atoms with E-state index < -0.39 is 5.41 Å². The first kappa shape index (κ1) is 20.8. The van der Waals surface area contributed by atoms with Crippen molar-refractivity contribution in [2.24, 2.45) is 5.41 Å². The number of hydrogen-bond donors (Lipinski definition) is 0. The summed E-state index contributed by atoms with van der Waals surface area (Å²) in [4.78, 5) is 32.0. The van der Waals surface area contributed by atoms with E-state index in [2.05, 4.69) is 39.1 Å². The standard InChI is InChI=1S/C28H27N5O/c34-26-28(11-14-32(15-12-28)27-30-18-23-8-3-4-10-25(23)31-27)16-22-7-1-2-9-24(22)20-33(26)19-21-6-5-13-29-17-21/h1-10,13,17-18H,11-12,14-16,19-20H2. The predicted octanol–water partition coefficient (Wildman–Crippen LogP) is 4.40. The predicted molar refractivity (Wildman–Crippen MR) is 132 cm³/mol. The number of piperidine rings is 1. The van der Waals surface area contributed by atoms with E-state index in [9.17, 15) is 4.79 Å². The average molecular weight is 450 g/mol. The third-order valence-electron chi connectivity index (χ3n) is 7.33. The van der Waals surface area contributed by atoms with Crippen molar-refractivity contribution in [3.8, 4) is 0 Å². The second-order valence-electron chi connectivity index (χ2n) is 9.46. The summed E-state index contributed by atoms with van der Waals surface area (Å²) < 4.78 is 0. The first-order chi connectivity index (χ1) is 16.7. The molecule has 0 atom stereocenters. The van der Waals surface area contributed by atoms with Crippen LogP contribution in [0, 0.1) is 5.41 Å². The number of pyridine rings is 1. The fraction of sp³-hybridized carbons (Fsp3) is 0.286. The molecule has 1 amide bonds. The van der Waals surface area contributed by atoms with Crippen LogP contribution in [0.5, 0.6) is 0 Å². The number of benzene rings is 2. The zero-order valence-electron chi connectivity index (χ0n) is 19.1. The molecule has 0 unspecified atom stereocenters. The van der Waals surface area contributed by atoms with Gasteiger partial charge in [-0.05, 0) is 48.1 Å². The van der Waals surface area contributed by atoms with Crippen LogP contribution in [0.4, 0.5) is 5.95 Å². The van der Waals surface area contributed by atoms with Crippen LogP contribution in [0.2, 0.25) is 0 Å². The van der Waals surface area contributed by atoms with Gasteiger partial charge in [-0.3, -0.25) is 9.78 Å². The maximum absolute atomic E-state index is 14.1. The van der Waals surface area contributed by atoms with Crippen molar-refractivity contribution in [2.45, 2.75) is 32.4 Å². The Labute approximate surface area is 199 Å². The molecule has 34 heavy (non-hydrogen) atoms. The van der Waals surface area contributed by atoms with Gasteiger partial charge in [-0.2, -0.15) is 0 Å². The molecule has 0 saturated carbocycles. The number of rotatable bonds is 3. The zero-order chi connectivity index (χ0) is 23.0. The van der Waals surface area contributed by atoms with Crippen molar-refractivity contribution in [2.75, 3.05) is 18.0 Å². The molecular formula is C28H27N5O. The lowest BCUT2D eigenvalue weighted by Crippen LogP contribution is -2.50. The highest BCUT2D eigenvalue weighted by atomic mass is 16.2. The van der Waals surface area contributed by atoms with Crippen LogP contribution in [0.1, 0.15) is 29.5 Å². The monoisotopic (exact) mass is 449 g/mol. The number of carbonyl (C=O) groups excluding carboxylic acids is 1. The van der Waals surface area contributed by atoms with Crippen LogP contribution < -0.4 is 4.90 Å². The molecule has 0 aliphatic carbocycles. The van der Waals surface area contributed by atoms with E-state index >= 15 is 0 Å². The number of anilines is 1. The fourth-order valence-electron chi connectivity index (χ4n) is 5.42. The van der Waals surface area contributed by atoms with E-state index in [4.69, 9.17) is 4.98 Å². The summed E-state index contributed by atoms with van der Waals surface area (Å²) in [5.41, 5.74) is 4.15. The molecule has 6 nitrogen and oxygen atoms in total. The average Bonchev–Trinajstić information content (AvgIpc) is 3.00. The minimum absolute atomic E-state index is 0.256. The van der Waals surface area contributed by atoms with E-state index in [-0.39, 0.29) is 5.91 Å². The normalized spacial score (nSPS) is 17.6. The first-order valence-electron chi connectivity index (χ1n) is 11.9. The van der Waals surface area contributed by atoms with Gasteiger partial charge in [-0.25, -0.2) is 9.97 Å². The second-order valence-corrected chi connectivity index (χ2v) is 9.46. The lowest BCUT2D eigenvalue weighted by molar-refractivity contribution is -0.144. The number of hydrogen-bond acceptors (Lipinski definition) is 5. The van der Waals surface area contributed by atoms with Gasteiger partial charge in [0.2, 0.25) is 11.9 Å². The molecule has 6 rings (SSSR count). The van der Waals surface area contributed by atoms with Crippen molar-refractivity contribution >= 4 is 22.8 Å². The Kier molecular flexibility index (Phi) is 5.21. The van der Waals surface area contributed by atoms with Gasteiger partial charge in [-0.1, -0.05) is 48.5 Å². The third kappa shape index (κ3) is 3.79. The van der Waals surface area contributed by atoms with Crippen LogP contribution >= 0.6 is 0 Å². The minimum atomic E-state index is -0.401. The Morgan fingerprint density at radius 1 is 0.882 bits per heavy atom. The van der Waals surface area contributed by atoms with Gasteiger partial charge in [0.1, 0.15) is 0 Å². The van der Waals surface area contributed by atoms with Gasteiger partial charge in [0, 0.05) is 50.2 Å². The molecular weight excluding hydrogens is 422 g/mol. The number of aromatic nitrogens is 3. The minimum Gasteiger partial charge on any atom is -0.341 e. The molecule has 0 radical (unpaired) electrons. The van der Waals surface area contributed by atoms with Gasteiger partial charge in [0.15, 0.2) is 0 Å². The van der Waals surface area contributed by atoms with E-state index in [1.165, 1.54) is 11.1 Å². The summed E-state index contributed by atoms with van der Waals surface area (Å²) in [6.07, 6.45) is 7.90. The molecule has 1 saturated heterocycles. The van der Waals surface area contributed by atoms with Crippen molar-refractivity contribution in [1.82, 2.24) is 19.9 Å². The molecule has 170 valence electrons. The van der Waals surface area contributed by atoms with Gasteiger partial charge in [-0.15, -0.1) is 0 Å². The highest BCUT2D eigenvalue weighted by Gasteiger charge is 2.46. The summed E-state index contributed by atoms with van der Waals surface area (Å²) in [7, 11) is 0. The first-order valence-corrected chi connectivity index (χ1v) is 11.9. The molecule has 0 N–H and O–H groups in total. The third-order valence-corrected chi connectivity index (χ3v) is 7.33. The Morgan fingerprint density at radius 2 is 1.68 bits per heavy atom. The Hall–Kier alpha value is -3.80. The lowest BCUT2D eigenvalue weighted by Gasteiger charge is -2.42. The quantitative estimate of drug-likeness (QED) is 0.464. The van der Waals surface area contributed by atoms with Crippen molar-refractivity contribution in [1.29, 1.82) is 0 Å². The van der Waals surface area contributed by atoms with Crippen LogP contribution in [-0.2, 0) is 24.3 Å². The lowest BCUT2D eigenvalue weighted by atomic mass is 9.73. The summed E-state index contributed by atoms with van der Waals surface area (Å²) in [6.45, 7) is 2.77. The van der Waals surface area contributed by atoms with Crippen molar-refractivity contribution < 1.29 is 4.79 Å². The molecule has 1 fully saturated rings. The number of nitrogens with zero attached hydrogens (tertiary/aromatic N) is 5. The molecule has 2 aromatic heterocycles. The van der Waals surface area contributed by atoms with Crippen LogP contribution in [-0.4, -0.2) is 38.8 Å². The Morgan fingerprint density at radius 3 is 2.50 bits per heavy atom. The van der Waals surface area contributed by atoms with Crippen molar-refractivity contribution in [3.05, 3.63) is 95.9 Å². The summed E-state index contributed by atoms with van der Waals surface area (Å²) in [5, 5.41) is 1.04. The Bertz CT molecular complexity index is 1330. The van der Waals surface area contributed by atoms with E-state index in [0.717, 1.165) is 54.8 Å². The number of carbonyl (C=O) groups is 1. The maximum Gasteiger partial charge on any atom is 0.229 e. The van der Waals surface area contributed by atoms with Crippen LogP contribution in [0.3, 0.4) is 0 Å². The largest absolute Gasteiger partial charge is 0.341 e. The fourth-order valence-corrected chi connectivity index (χ4v) is 5.42. The van der Waals surface area contributed by atoms with E-state index in [1.54, 1.807) is 6.20 Å². The smallest absolute Gasteiger partial charge is 0.229 e. The van der Waals surface area contributed by atoms with E-state index in [1.807, 2.05) is 53.7 Å². The molecule has 2 aromatic carbocycles.